The molecule has 1 aromatic rings. The van der Waals surface area contributed by atoms with Gasteiger partial charge in [-0.15, -0.1) is 0 Å². The van der Waals surface area contributed by atoms with E-state index in [1.54, 1.807) is 0 Å². The Bertz CT molecular complexity index is 903. The summed E-state index contributed by atoms with van der Waals surface area (Å²) in [7, 11) is 0. The van der Waals surface area contributed by atoms with Gasteiger partial charge < -0.3 is 25.4 Å². The molecule has 0 bridgehead atoms. The normalized spacial score (nSPS) is 20.0. The second kappa shape index (κ2) is 18.0. The molecule has 0 radical (unpaired) electrons. The van der Waals surface area contributed by atoms with Crippen LogP contribution in [0, 0.1) is 5.92 Å². The van der Waals surface area contributed by atoms with Crippen LogP contribution < -0.4 is 16.0 Å². The first-order valence-electron chi connectivity index (χ1n) is 13.7. The van der Waals surface area contributed by atoms with Gasteiger partial charge in [-0.1, -0.05) is 42.5 Å². The number of rotatable bonds is 10. The van der Waals surface area contributed by atoms with Gasteiger partial charge in [0.15, 0.2) is 0 Å². The van der Waals surface area contributed by atoms with Gasteiger partial charge in [0.2, 0.25) is 11.8 Å². The summed E-state index contributed by atoms with van der Waals surface area (Å²) in [5.74, 6) is -1.18. The van der Waals surface area contributed by atoms with Gasteiger partial charge in [-0.3, -0.25) is 14.4 Å². The lowest BCUT2D eigenvalue weighted by molar-refractivity contribution is -0.145. The van der Waals surface area contributed by atoms with E-state index in [0.717, 1.165) is 24.8 Å². The molecule has 2 rings (SSSR count). The van der Waals surface area contributed by atoms with Crippen LogP contribution in [0.25, 0.3) is 0 Å². The van der Waals surface area contributed by atoms with Crippen LogP contribution in [0.1, 0.15) is 77.2 Å². The minimum absolute atomic E-state index is 0.00370. The van der Waals surface area contributed by atoms with Gasteiger partial charge in [-0.2, -0.15) is 0 Å². The first kappa shape index (κ1) is 30.9. The number of nitrogens with one attached hydrogen (secondary N) is 3. The molecule has 0 spiro atoms. The second-order valence-corrected chi connectivity index (χ2v) is 9.95. The standard InChI is InChI=1S/C29H43N3O6/c1-22(2)31-26(33)19-24-15-9-4-3-5-10-17-27(34)37-21-25(32-28(24)35)16-11-12-18-30-29(36)38-20-23-13-7-6-8-14-23/h4,6-9,13-14,22,24-25H,3,5,10-12,15-21H2,1-2H3,(H,30,36)(H,31,33)(H,32,35)/b9-4-/t24-,25?/m1/s1. The molecule has 9 heteroatoms. The van der Waals surface area contributed by atoms with E-state index >= 15 is 0 Å². The van der Waals surface area contributed by atoms with E-state index in [2.05, 4.69) is 16.0 Å². The molecule has 210 valence electrons. The summed E-state index contributed by atoms with van der Waals surface area (Å²) in [6.45, 7) is 4.48. The summed E-state index contributed by atoms with van der Waals surface area (Å²) in [6, 6.07) is 9.07. The fraction of sp³-hybridized carbons (Fsp3) is 0.586. The zero-order valence-electron chi connectivity index (χ0n) is 22.7. The Morgan fingerprint density at radius 2 is 1.89 bits per heavy atom. The number of amides is 3. The summed E-state index contributed by atoms with van der Waals surface area (Å²) in [5.41, 5.74) is 0.914. The van der Waals surface area contributed by atoms with Crippen molar-refractivity contribution in [2.24, 2.45) is 5.92 Å². The molecule has 0 aromatic heterocycles. The highest BCUT2D eigenvalue weighted by Gasteiger charge is 2.24. The van der Waals surface area contributed by atoms with Crippen molar-refractivity contribution in [2.45, 2.75) is 90.3 Å². The zero-order chi connectivity index (χ0) is 27.6. The van der Waals surface area contributed by atoms with Gasteiger partial charge in [-0.05, 0) is 64.4 Å². The minimum atomic E-state index is -0.507. The molecule has 0 saturated carbocycles. The van der Waals surface area contributed by atoms with E-state index in [-0.39, 0.29) is 49.5 Å². The van der Waals surface area contributed by atoms with Crippen LogP contribution in [0.2, 0.25) is 0 Å². The Morgan fingerprint density at radius 3 is 2.66 bits per heavy atom. The SMILES string of the molecule is CC(C)NC(=O)C[C@H]1C/C=C\CCCCC(=O)OCC(CCCCNC(=O)OCc2ccccc2)NC1=O. The van der Waals surface area contributed by atoms with Crippen LogP contribution in [0.15, 0.2) is 42.5 Å². The second-order valence-electron chi connectivity index (χ2n) is 9.95. The van der Waals surface area contributed by atoms with E-state index in [0.29, 0.717) is 38.6 Å². The molecular formula is C29H43N3O6. The molecule has 1 heterocycles. The third-order valence-electron chi connectivity index (χ3n) is 6.09. The Morgan fingerprint density at radius 1 is 1.11 bits per heavy atom. The predicted molar refractivity (Wildman–Crippen MR) is 145 cm³/mol. The Kier molecular flexibility index (Phi) is 14.6. The van der Waals surface area contributed by atoms with Gasteiger partial charge in [0.05, 0.1) is 12.0 Å². The number of hydrogen-bond acceptors (Lipinski definition) is 6. The van der Waals surface area contributed by atoms with Crippen LogP contribution in [-0.4, -0.2) is 49.1 Å². The molecule has 38 heavy (non-hydrogen) atoms. The number of allylic oxidation sites excluding steroid dienone is 2. The van der Waals surface area contributed by atoms with Gasteiger partial charge in [0, 0.05) is 25.4 Å². The summed E-state index contributed by atoms with van der Waals surface area (Å²) in [4.78, 5) is 49.6. The van der Waals surface area contributed by atoms with Crippen molar-refractivity contribution >= 4 is 23.9 Å². The molecule has 1 aromatic carbocycles. The molecule has 0 saturated heterocycles. The highest BCUT2D eigenvalue weighted by molar-refractivity contribution is 5.86. The molecule has 1 aliphatic rings. The maximum atomic E-state index is 13.1. The van der Waals surface area contributed by atoms with Crippen LogP contribution in [-0.2, 0) is 30.5 Å². The Balaban J connectivity index is 1.86. The zero-order valence-corrected chi connectivity index (χ0v) is 22.7. The van der Waals surface area contributed by atoms with Crippen molar-refractivity contribution in [1.29, 1.82) is 0 Å². The first-order valence-corrected chi connectivity index (χ1v) is 13.7. The topological polar surface area (TPSA) is 123 Å². The van der Waals surface area contributed by atoms with Crippen LogP contribution in [0.5, 0.6) is 0 Å². The lowest BCUT2D eigenvalue weighted by Gasteiger charge is -2.23. The average molecular weight is 530 g/mol. The van der Waals surface area contributed by atoms with E-state index in [9.17, 15) is 19.2 Å². The Hall–Kier alpha value is -3.36. The number of cyclic esters (lactones) is 1. The van der Waals surface area contributed by atoms with E-state index in [4.69, 9.17) is 9.47 Å². The summed E-state index contributed by atoms with van der Waals surface area (Å²) in [5, 5.41) is 8.58. The number of benzene rings is 1. The van der Waals surface area contributed by atoms with Crippen LogP contribution >= 0.6 is 0 Å². The quantitative estimate of drug-likeness (QED) is 0.238. The minimum Gasteiger partial charge on any atom is -0.463 e. The largest absolute Gasteiger partial charge is 0.463 e. The fourth-order valence-electron chi connectivity index (χ4n) is 4.06. The van der Waals surface area contributed by atoms with Crippen LogP contribution in [0.3, 0.4) is 0 Å². The molecule has 1 unspecified atom stereocenters. The first-order chi connectivity index (χ1) is 18.3. The third kappa shape index (κ3) is 13.8. The summed E-state index contributed by atoms with van der Waals surface area (Å²) >= 11 is 0. The number of alkyl carbamates (subject to hydrolysis) is 1. The Labute approximate surface area is 226 Å². The van der Waals surface area contributed by atoms with Gasteiger partial charge in [-0.25, -0.2) is 4.79 Å². The van der Waals surface area contributed by atoms with Crippen molar-refractivity contribution in [3.63, 3.8) is 0 Å². The number of hydrogen-bond donors (Lipinski definition) is 3. The highest BCUT2D eigenvalue weighted by atomic mass is 16.5. The molecular weight excluding hydrogens is 486 g/mol. The van der Waals surface area contributed by atoms with Gasteiger partial charge >= 0.3 is 12.1 Å². The van der Waals surface area contributed by atoms with Crippen molar-refractivity contribution in [1.82, 2.24) is 16.0 Å². The van der Waals surface area contributed by atoms with E-state index in [1.165, 1.54) is 0 Å². The number of esters is 1. The summed E-state index contributed by atoms with van der Waals surface area (Å²) < 4.78 is 10.7. The number of ether oxygens (including phenoxy) is 2. The van der Waals surface area contributed by atoms with Crippen molar-refractivity contribution in [3.05, 3.63) is 48.0 Å². The van der Waals surface area contributed by atoms with Gasteiger partial charge in [0.1, 0.15) is 13.2 Å². The van der Waals surface area contributed by atoms with Crippen LogP contribution in [0.4, 0.5) is 4.79 Å². The maximum Gasteiger partial charge on any atom is 0.407 e. The third-order valence-corrected chi connectivity index (χ3v) is 6.09. The molecule has 1 aliphatic heterocycles. The van der Waals surface area contributed by atoms with Crippen molar-refractivity contribution in [3.8, 4) is 0 Å². The highest BCUT2D eigenvalue weighted by Crippen LogP contribution is 2.14. The molecule has 3 N–H and O–H groups in total. The predicted octanol–water partition coefficient (Wildman–Crippen LogP) is 4.16. The number of unbranched alkanes of at least 4 members (excludes halogenated alkanes) is 1. The lowest BCUT2D eigenvalue weighted by Crippen LogP contribution is -2.43. The molecule has 0 aliphatic carbocycles. The van der Waals surface area contributed by atoms with Crippen molar-refractivity contribution < 1.29 is 28.7 Å². The van der Waals surface area contributed by atoms with Crippen molar-refractivity contribution in [2.75, 3.05) is 13.2 Å². The monoisotopic (exact) mass is 529 g/mol. The molecule has 3 amide bonds. The van der Waals surface area contributed by atoms with E-state index in [1.807, 2.05) is 56.3 Å². The lowest BCUT2D eigenvalue weighted by atomic mass is 9.97. The maximum absolute atomic E-state index is 13.1. The van der Waals surface area contributed by atoms with Gasteiger partial charge in [0.25, 0.3) is 0 Å². The molecule has 2 atom stereocenters. The number of carbonyl (C=O) groups is 4. The number of carbonyl (C=O) groups excluding carboxylic acids is 4. The average Bonchev–Trinajstić information content (AvgIpc) is 2.88. The summed E-state index contributed by atoms with van der Waals surface area (Å²) in [6.07, 6.45) is 8.75. The van der Waals surface area contributed by atoms with E-state index < -0.39 is 12.0 Å². The molecule has 9 nitrogen and oxygen atoms in total. The smallest absolute Gasteiger partial charge is 0.407 e. The molecule has 0 fully saturated rings. The fourth-order valence-corrected chi connectivity index (χ4v) is 4.06.